The first-order chi connectivity index (χ1) is 8.81. The Morgan fingerprint density at radius 1 is 1.33 bits per heavy atom. The van der Waals surface area contributed by atoms with Gasteiger partial charge >= 0.3 is 6.03 Å². The second-order valence-electron chi connectivity index (χ2n) is 4.64. The predicted octanol–water partition coefficient (Wildman–Crippen LogP) is 2.29. The topological polar surface area (TPSA) is 53.2 Å². The highest BCUT2D eigenvalue weighted by Gasteiger charge is 2.20. The van der Waals surface area contributed by atoms with Gasteiger partial charge in [0.25, 0.3) is 0 Å². The summed E-state index contributed by atoms with van der Waals surface area (Å²) < 4.78 is 0. The summed E-state index contributed by atoms with van der Waals surface area (Å²) in [5, 5.41) is 9.10. The van der Waals surface area contributed by atoms with Crippen molar-refractivity contribution in [3.05, 3.63) is 29.8 Å². The van der Waals surface area contributed by atoms with Gasteiger partial charge in [0.1, 0.15) is 0 Å². The largest absolute Gasteiger partial charge is 0.384 e. The molecule has 18 heavy (non-hydrogen) atoms. The van der Waals surface area contributed by atoms with E-state index in [2.05, 4.69) is 34.1 Å². The normalized spacial score (nSPS) is 16.8. The van der Waals surface area contributed by atoms with E-state index in [4.69, 9.17) is 0 Å². The molecule has 0 radical (unpaired) electrons. The Labute approximate surface area is 108 Å². The summed E-state index contributed by atoms with van der Waals surface area (Å²) in [6, 6.07) is 8.33. The fourth-order valence-corrected chi connectivity index (χ4v) is 2.28. The van der Waals surface area contributed by atoms with Crippen molar-refractivity contribution in [3.63, 3.8) is 0 Å². The fourth-order valence-electron chi connectivity index (χ4n) is 2.28. The van der Waals surface area contributed by atoms with Crippen molar-refractivity contribution in [2.75, 3.05) is 25.0 Å². The van der Waals surface area contributed by atoms with Crippen LogP contribution in [0.1, 0.15) is 31.2 Å². The Hall–Kier alpha value is -1.71. The molecule has 1 heterocycles. The number of hydrogen-bond donors (Lipinski definition) is 3. The van der Waals surface area contributed by atoms with Crippen molar-refractivity contribution in [2.45, 2.75) is 25.7 Å². The van der Waals surface area contributed by atoms with Crippen molar-refractivity contribution < 1.29 is 4.79 Å². The number of hydrogen-bond acceptors (Lipinski definition) is 2. The van der Waals surface area contributed by atoms with E-state index in [0.717, 1.165) is 32.5 Å². The van der Waals surface area contributed by atoms with E-state index in [0.29, 0.717) is 5.92 Å². The van der Waals surface area contributed by atoms with E-state index >= 15 is 0 Å². The maximum Gasteiger partial charge on any atom is 0.314 e. The monoisotopic (exact) mass is 247 g/mol. The molecule has 3 N–H and O–H groups in total. The summed E-state index contributed by atoms with van der Waals surface area (Å²) in [6.07, 6.45) is 1.94. The van der Waals surface area contributed by atoms with Crippen LogP contribution in [0.2, 0.25) is 0 Å². The van der Waals surface area contributed by atoms with E-state index < -0.39 is 0 Å². The van der Waals surface area contributed by atoms with Gasteiger partial charge in [0.2, 0.25) is 0 Å². The Morgan fingerprint density at radius 2 is 2.11 bits per heavy atom. The number of carbonyl (C=O) groups excluding carboxylic acids is 1. The van der Waals surface area contributed by atoms with E-state index in [-0.39, 0.29) is 6.03 Å². The number of nitrogens with one attached hydrogen (secondary N) is 3. The van der Waals surface area contributed by atoms with Crippen LogP contribution in [0.3, 0.4) is 0 Å². The van der Waals surface area contributed by atoms with Gasteiger partial charge in [-0.1, -0.05) is 25.1 Å². The van der Waals surface area contributed by atoms with E-state index in [1.54, 1.807) is 0 Å². The molecule has 98 valence electrons. The zero-order valence-electron chi connectivity index (χ0n) is 10.8. The summed E-state index contributed by atoms with van der Waals surface area (Å²) in [5.74, 6) is 0.507. The van der Waals surface area contributed by atoms with Gasteiger partial charge < -0.3 is 16.0 Å². The van der Waals surface area contributed by atoms with Crippen molar-refractivity contribution in [1.82, 2.24) is 10.6 Å². The number of fused-ring (bicyclic) bond motifs is 1. The van der Waals surface area contributed by atoms with Crippen LogP contribution in [-0.2, 0) is 0 Å². The molecule has 0 bridgehead atoms. The third-order valence-electron chi connectivity index (χ3n) is 3.25. The van der Waals surface area contributed by atoms with Crippen LogP contribution in [-0.4, -0.2) is 25.7 Å². The quantitative estimate of drug-likeness (QED) is 0.747. The summed E-state index contributed by atoms with van der Waals surface area (Å²) in [5.41, 5.74) is 2.60. The molecule has 0 aliphatic carbocycles. The second-order valence-corrected chi connectivity index (χ2v) is 4.64. The molecular weight excluding hydrogens is 226 g/mol. The second kappa shape index (κ2) is 6.28. The standard InChI is InChI=1S/C14H21N3O/c1-2-8-15-14(18)16-9-7-11-10-17-13-6-4-3-5-12(11)13/h3-6,11,17H,2,7-10H2,1H3,(H2,15,16,18). The van der Waals surface area contributed by atoms with Gasteiger partial charge in [0.05, 0.1) is 0 Å². The van der Waals surface area contributed by atoms with E-state index in [1.807, 2.05) is 13.0 Å². The van der Waals surface area contributed by atoms with Crippen molar-refractivity contribution in [3.8, 4) is 0 Å². The number of amides is 2. The lowest BCUT2D eigenvalue weighted by Gasteiger charge is -2.11. The minimum Gasteiger partial charge on any atom is -0.384 e. The number of rotatable bonds is 5. The van der Waals surface area contributed by atoms with Gasteiger partial charge in [-0.05, 0) is 24.5 Å². The number of carbonyl (C=O) groups is 1. The molecule has 2 rings (SSSR count). The highest BCUT2D eigenvalue weighted by atomic mass is 16.2. The van der Waals surface area contributed by atoms with Crippen LogP contribution >= 0.6 is 0 Å². The summed E-state index contributed by atoms with van der Waals surface area (Å²) in [4.78, 5) is 11.4. The first-order valence-electron chi connectivity index (χ1n) is 6.65. The van der Waals surface area contributed by atoms with Crippen molar-refractivity contribution >= 4 is 11.7 Å². The number of para-hydroxylation sites is 1. The number of urea groups is 1. The molecule has 1 unspecified atom stereocenters. The molecule has 0 saturated heterocycles. The zero-order valence-corrected chi connectivity index (χ0v) is 10.8. The zero-order chi connectivity index (χ0) is 12.8. The molecule has 0 aromatic heterocycles. The smallest absolute Gasteiger partial charge is 0.314 e. The van der Waals surface area contributed by atoms with Gasteiger partial charge in [-0.15, -0.1) is 0 Å². The maximum absolute atomic E-state index is 11.4. The Kier molecular flexibility index (Phi) is 4.45. The number of benzene rings is 1. The summed E-state index contributed by atoms with van der Waals surface area (Å²) in [7, 11) is 0. The Morgan fingerprint density at radius 3 is 2.94 bits per heavy atom. The molecule has 0 fully saturated rings. The predicted molar refractivity (Wildman–Crippen MR) is 74.0 cm³/mol. The van der Waals surface area contributed by atoms with Gasteiger partial charge in [-0.25, -0.2) is 4.79 Å². The minimum atomic E-state index is -0.0592. The van der Waals surface area contributed by atoms with Gasteiger partial charge in [0.15, 0.2) is 0 Å². The lowest BCUT2D eigenvalue weighted by atomic mass is 9.98. The first-order valence-corrected chi connectivity index (χ1v) is 6.65. The highest BCUT2D eigenvalue weighted by molar-refractivity contribution is 5.73. The SMILES string of the molecule is CCCNC(=O)NCCC1CNc2ccccc21. The maximum atomic E-state index is 11.4. The van der Waals surface area contributed by atoms with Gasteiger partial charge in [-0.3, -0.25) is 0 Å². The fraction of sp³-hybridized carbons (Fsp3) is 0.500. The van der Waals surface area contributed by atoms with Crippen LogP contribution in [0.5, 0.6) is 0 Å². The molecule has 4 heteroatoms. The third-order valence-corrected chi connectivity index (χ3v) is 3.25. The van der Waals surface area contributed by atoms with E-state index in [1.165, 1.54) is 11.3 Å². The molecule has 4 nitrogen and oxygen atoms in total. The molecular formula is C14H21N3O. The van der Waals surface area contributed by atoms with Crippen LogP contribution in [0.25, 0.3) is 0 Å². The molecule has 2 amide bonds. The summed E-state index contributed by atoms with van der Waals surface area (Å²) in [6.45, 7) is 4.47. The molecule has 1 aliphatic rings. The Bertz CT molecular complexity index is 406. The average Bonchev–Trinajstić information content (AvgIpc) is 2.80. The van der Waals surface area contributed by atoms with Gasteiger partial charge in [0, 0.05) is 31.2 Å². The van der Waals surface area contributed by atoms with Crippen LogP contribution in [0.15, 0.2) is 24.3 Å². The van der Waals surface area contributed by atoms with Crippen molar-refractivity contribution in [2.24, 2.45) is 0 Å². The van der Waals surface area contributed by atoms with Crippen LogP contribution < -0.4 is 16.0 Å². The first kappa shape index (κ1) is 12.7. The molecule has 1 aromatic carbocycles. The third kappa shape index (κ3) is 3.15. The highest BCUT2D eigenvalue weighted by Crippen LogP contribution is 2.32. The van der Waals surface area contributed by atoms with Crippen molar-refractivity contribution in [1.29, 1.82) is 0 Å². The van der Waals surface area contributed by atoms with Gasteiger partial charge in [-0.2, -0.15) is 0 Å². The lowest BCUT2D eigenvalue weighted by molar-refractivity contribution is 0.240. The molecule has 1 aromatic rings. The van der Waals surface area contributed by atoms with Crippen LogP contribution in [0, 0.1) is 0 Å². The number of anilines is 1. The molecule has 0 spiro atoms. The molecule has 1 aliphatic heterocycles. The van der Waals surface area contributed by atoms with Crippen LogP contribution in [0.4, 0.5) is 10.5 Å². The minimum absolute atomic E-state index is 0.0592. The average molecular weight is 247 g/mol. The lowest BCUT2D eigenvalue weighted by Crippen LogP contribution is -2.36. The summed E-state index contributed by atoms with van der Waals surface area (Å²) >= 11 is 0. The molecule has 0 saturated carbocycles. The van der Waals surface area contributed by atoms with E-state index in [9.17, 15) is 4.79 Å². The Balaban J connectivity index is 1.74. The molecule has 1 atom stereocenters.